The third-order valence-corrected chi connectivity index (χ3v) is 3.30. The van der Waals surface area contributed by atoms with Crippen LogP contribution in [0.15, 0.2) is 46.2 Å². The SMILES string of the molecule is CC(C)(Oc1cc(Br)cc(C#N)c1)OC1(O)OC=C(O)C(O)=C1O. The second-order valence-electron chi connectivity index (χ2n) is 5.29. The summed E-state index contributed by atoms with van der Waals surface area (Å²) in [5, 5.41) is 47.6. The molecule has 4 N–H and O–H groups in total. The molecular formula is C15H14BrNO7. The van der Waals surface area contributed by atoms with Crippen LogP contribution >= 0.6 is 15.9 Å². The molecule has 9 heteroatoms. The van der Waals surface area contributed by atoms with Gasteiger partial charge in [0.2, 0.25) is 17.3 Å². The summed E-state index contributed by atoms with van der Waals surface area (Å²) >= 11 is 3.23. The highest BCUT2D eigenvalue weighted by atomic mass is 79.9. The highest BCUT2D eigenvalue weighted by Crippen LogP contribution is 2.34. The fourth-order valence-corrected chi connectivity index (χ4v) is 2.39. The van der Waals surface area contributed by atoms with Gasteiger partial charge in [-0.15, -0.1) is 0 Å². The van der Waals surface area contributed by atoms with Gasteiger partial charge < -0.3 is 29.9 Å². The number of aliphatic hydroxyl groups is 4. The Morgan fingerprint density at radius 1 is 1.25 bits per heavy atom. The van der Waals surface area contributed by atoms with Crippen LogP contribution < -0.4 is 4.74 Å². The molecule has 1 unspecified atom stereocenters. The molecule has 24 heavy (non-hydrogen) atoms. The fraction of sp³-hybridized carbons (Fsp3) is 0.267. The molecule has 1 atom stereocenters. The first-order valence-electron chi connectivity index (χ1n) is 6.58. The van der Waals surface area contributed by atoms with Crippen LogP contribution in [-0.4, -0.2) is 32.2 Å². The first-order chi connectivity index (χ1) is 11.1. The standard InChI is InChI=1S/C15H14BrNO7/c1-14(2,23-10-4-8(6-17)3-9(16)5-10)24-15(21)13(20)12(19)11(18)7-22-15/h3-5,7,18-21H,1-2H3. The molecule has 1 aliphatic rings. The van der Waals surface area contributed by atoms with E-state index in [9.17, 15) is 20.4 Å². The van der Waals surface area contributed by atoms with Crippen LogP contribution in [0.5, 0.6) is 5.75 Å². The number of rotatable bonds is 4. The van der Waals surface area contributed by atoms with Gasteiger partial charge in [0, 0.05) is 18.3 Å². The van der Waals surface area contributed by atoms with Crippen molar-refractivity contribution in [3.63, 3.8) is 0 Å². The molecule has 1 aromatic rings. The van der Waals surface area contributed by atoms with E-state index in [1.165, 1.54) is 19.9 Å². The first kappa shape index (κ1) is 17.9. The molecule has 0 amide bonds. The van der Waals surface area contributed by atoms with Gasteiger partial charge >= 0.3 is 5.97 Å². The normalized spacial score (nSPS) is 20.9. The number of aliphatic hydroxyl groups excluding tert-OH is 3. The topological polar surface area (TPSA) is 132 Å². The van der Waals surface area contributed by atoms with Gasteiger partial charge in [0.05, 0.1) is 11.6 Å². The van der Waals surface area contributed by atoms with E-state index < -0.39 is 29.0 Å². The second-order valence-corrected chi connectivity index (χ2v) is 6.21. The largest absolute Gasteiger partial charge is 0.502 e. The van der Waals surface area contributed by atoms with Crippen LogP contribution in [-0.2, 0) is 9.47 Å². The van der Waals surface area contributed by atoms with Crippen molar-refractivity contribution in [2.75, 3.05) is 0 Å². The van der Waals surface area contributed by atoms with Crippen molar-refractivity contribution < 1.29 is 34.6 Å². The smallest absolute Gasteiger partial charge is 0.394 e. The van der Waals surface area contributed by atoms with Crippen LogP contribution in [0.4, 0.5) is 0 Å². The Labute approximate surface area is 145 Å². The molecule has 0 saturated carbocycles. The minimum Gasteiger partial charge on any atom is -0.502 e. The molecule has 0 aliphatic carbocycles. The van der Waals surface area contributed by atoms with E-state index in [0.29, 0.717) is 16.3 Å². The van der Waals surface area contributed by atoms with Crippen molar-refractivity contribution in [1.82, 2.24) is 0 Å². The lowest BCUT2D eigenvalue weighted by atomic mass is 10.2. The molecule has 0 spiro atoms. The lowest BCUT2D eigenvalue weighted by Gasteiger charge is -2.36. The first-order valence-corrected chi connectivity index (χ1v) is 7.38. The Hall–Kier alpha value is -2.41. The van der Waals surface area contributed by atoms with Gasteiger partial charge in [-0.25, -0.2) is 0 Å². The minimum atomic E-state index is -2.76. The van der Waals surface area contributed by atoms with Gasteiger partial charge in [0.1, 0.15) is 12.0 Å². The summed E-state index contributed by atoms with van der Waals surface area (Å²) < 4.78 is 16.1. The predicted molar refractivity (Wildman–Crippen MR) is 83.7 cm³/mol. The number of nitriles is 1. The maximum absolute atomic E-state index is 10.2. The molecule has 0 bridgehead atoms. The molecule has 0 radical (unpaired) electrons. The average Bonchev–Trinajstić information content (AvgIpc) is 2.48. The summed E-state index contributed by atoms with van der Waals surface area (Å²) in [5.41, 5.74) is 0.330. The summed E-state index contributed by atoms with van der Waals surface area (Å²) in [5.74, 6) is -6.97. The third kappa shape index (κ3) is 3.73. The van der Waals surface area contributed by atoms with E-state index in [1.54, 1.807) is 12.1 Å². The number of ether oxygens (including phenoxy) is 3. The summed E-state index contributed by atoms with van der Waals surface area (Å²) in [6, 6.07) is 6.55. The lowest BCUT2D eigenvalue weighted by molar-refractivity contribution is -0.394. The molecule has 0 saturated heterocycles. The Bertz CT molecular complexity index is 766. The number of benzene rings is 1. The molecular weight excluding hydrogens is 386 g/mol. The zero-order valence-electron chi connectivity index (χ0n) is 12.6. The lowest BCUT2D eigenvalue weighted by Crippen LogP contribution is -2.48. The molecule has 2 rings (SSSR count). The van der Waals surface area contributed by atoms with Gasteiger partial charge in [-0.1, -0.05) is 15.9 Å². The summed E-state index contributed by atoms with van der Waals surface area (Å²) in [6.45, 7) is 2.81. The Morgan fingerprint density at radius 2 is 1.92 bits per heavy atom. The van der Waals surface area contributed by atoms with Crippen molar-refractivity contribution in [3.8, 4) is 11.8 Å². The summed E-state index contributed by atoms with van der Waals surface area (Å²) in [4.78, 5) is 0. The number of hydrogen-bond acceptors (Lipinski definition) is 8. The van der Waals surface area contributed by atoms with Crippen molar-refractivity contribution >= 4 is 15.9 Å². The van der Waals surface area contributed by atoms with Crippen molar-refractivity contribution in [2.45, 2.75) is 25.6 Å². The van der Waals surface area contributed by atoms with E-state index in [2.05, 4.69) is 15.9 Å². The highest BCUT2D eigenvalue weighted by molar-refractivity contribution is 9.10. The maximum atomic E-state index is 10.2. The van der Waals surface area contributed by atoms with Crippen LogP contribution in [0.1, 0.15) is 19.4 Å². The monoisotopic (exact) mass is 399 g/mol. The zero-order chi connectivity index (χ0) is 18.1. The molecule has 128 valence electrons. The third-order valence-electron chi connectivity index (χ3n) is 2.84. The van der Waals surface area contributed by atoms with E-state index in [4.69, 9.17) is 19.5 Å². The van der Waals surface area contributed by atoms with Gasteiger partial charge in [-0.05, 0) is 18.2 Å². The summed E-state index contributed by atoms with van der Waals surface area (Å²) in [7, 11) is 0. The van der Waals surface area contributed by atoms with Gasteiger partial charge in [-0.3, -0.25) is 4.74 Å². The predicted octanol–water partition coefficient (Wildman–Crippen LogP) is 2.86. The van der Waals surface area contributed by atoms with E-state index in [-0.39, 0.29) is 5.75 Å². The van der Waals surface area contributed by atoms with Crippen LogP contribution in [0, 0.1) is 11.3 Å². The van der Waals surface area contributed by atoms with Crippen LogP contribution in [0.3, 0.4) is 0 Å². The summed E-state index contributed by atoms with van der Waals surface area (Å²) in [6.07, 6.45) is 0.609. The Kier molecular flexibility index (Phi) is 4.66. The van der Waals surface area contributed by atoms with Crippen molar-refractivity contribution in [1.29, 1.82) is 5.26 Å². The highest BCUT2D eigenvalue weighted by Gasteiger charge is 2.47. The second kappa shape index (κ2) is 6.24. The van der Waals surface area contributed by atoms with E-state index >= 15 is 0 Å². The van der Waals surface area contributed by atoms with E-state index in [1.807, 2.05) is 6.07 Å². The molecule has 0 fully saturated rings. The Balaban J connectivity index is 2.23. The maximum Gasteiger partial charge on any atom is 0.394 e. The van der Waals surface area contributed by atoms with Crippen LogP contribution in [0.2, 0.25) is 0 Å². The molecule has 1 aromatic carbocycles. The Morgan fingerprint density at radius 3 is 2.54 bits per heavy atom. The fourth-order valence-electron chi connectivity index (χ4n) is 1.91. The number of nitrogens with zero attached hydrogens (tertiary/aromatic N) is 1. The van der Waals surface area contributed by atoms with Crippen molar-refractivity contribution in [3.05, 3.63) is 51.8 Å². The molecule has 8 nitrogen and oxygen atoms in total. The molecule has 1 aliphatic heterocycles. The molecule has 1 heterocycles. The average molecular weight is 400 g/mol. The van der Waals surface area contributed by atoms with Crippen LogP contribution in [0.25, 0.3) is 0 Å². The van der Waals surface area contributed by atoms with Crippen molar-refractivity contribution in [2.24, 2.45) is 0 Å². The number of hydrogen-bond donors (Lipinski definition) is 4. The number of halogens is 1. The minimum absolute atomic E-state index is 0.247. The van der Waals surface area contributed by atoms with Gasteiger partial charge in [-0.2, -0.15) is 5.26 Å². The molecule has 0 aromatic heterocycles. The zero-order valence-corrected chi connectivity index (χ0v) is 14.2. The van der Waals surface area contributed by atoms with Gasteiger partial charge in [0.25, 0.3) is 0 Å². The van der Waals surface area contributed by atoms with E-state index in [0.717, 1.165) is 0 Å². The quantitative estimate of drug-likeness (QED) is 0.568. The van der Waals surface area contributed by atoms with Gasteiger partial charge in [0.15, 0.2) is 5.76 Å².